The van der Waals surface area contributed by atoms with Crippen molar-refractivity contribution in [3.05, 3.63) is 0 Å². The van der Waals surface area contributed by atoms with Crippen molar-refractivity contribution in [1.29, 1.82) is 0 Å². The highest BCUT2D eigenvalue weighted by Gasteiger charge is 2.45. The molecule has 3 heteroatoms. The van der Waals surface area contributed by atoms with Crippen molar-refractivity contribution in [3.63, 3.8) is 0 Å². The van der Waals surface area contributed by atoms with E-state index < -0.39 is 0 Å². The standard InChI is InChI=1S/C13H22BrNO/c14-9-13(5-6-13)10-15-7-8-16-12-4-2-1-3-11(12)15/h11-12H,1-10H2. The Balaban J connectivity index is 1.64. The van der Waals surface area contributed by atoms with Crippen molar-refractivity contribution in [2.24, 2.45) is 5.41 Å². The van der Waals surface area contributed by atoms with Gasteiger partial charge in [-0.25, -0.2) is 0 Å². The minimum atomic E-state index is 0.550. The number of ether oxygens (including phenoxy) is 1. The smallest absolute Gasteiger partial charge is 0.0730 e. The third kappa shape index (κ3) is 2.19. The first-order chi connectivity index (χ1) is 7.83. The molecule has 0 aromatic heterocycles. The SMILES string of the molecule is BrCC1(CN2CCOC3CCCCC32)CC1. The molecule has 0 amide bonds. The Morgan fingerprint density at radius 2 is 2.06 bits per heavy atom. The Morgan fingerprint density at radius 3 is 2.81 bits per heavy atom. The summed E-state index contributed by atoms with van der Waals surface area (Å²) in [5.74, 6) is 0. The van der Waals surface area contributed by atoms with Crippen molar-refractivity contribution >= 4 is 15.9 Å². The van der Waals surface area contributed by atoms with Crippen LogP contribution in [0.15, 0.2) is 0 Å². The van der Waals surface area contributed by atoms with Crippen LogP contribution in [0.25, 0.3) is 0 Å². The second-order valence-corrected chi connectivity index (χ2v) is 6.43. The van der Waals surface area contributed by atoms with Crippen LogP contribution in [-0.4, -0.2) is 42.1 Å². The minimum absolute atomic E-state index is 0.550. The number of fused-ring (bicyclic) bond motifs is 1. The molecule has 0 N–H and O–H groups in total. The van der Waals surface area contributed by atoms with Crippen LogP contribution in [0, 0.1) is 5.41 Å². The lowest BCUT2D eigenvalue weighted by Gasteiger charge is -2.45. The van der Waals surface area contributed by atoms with Gasteiger partial charge < -0.3 is 4.74 Å². The maximum absolute atomic E-state index is 5.93. The predicted molar refractivity (Wildman–Crippen MR) is 69.0 cm³/mol. The van der Waals surface area contributed by atoms with Gasteiger partial charge in [0.2, 0.25) is 0 Å². The molecule has 1 saturated heterocycles. The van der Waals surface area contributed by atoms with Crippen LogP contribution < -0.4 is 0 Å². The number of hydrogen-bond acceptors (Lipinski definition) is 2. The number of alkyl halides is 1. The van der Waals surface area contributed by atoms with Crippen LogP contribution in [0.1, 0.15) is 38.5 Å². The fourth-order valence-corrected chi connectivity index (χ4v) is 4.05. The van der Waals surface area contributed by atoms with E-state index in [0.717, 1.165) is 19.2 Å². The predicted octanol–water partition coefficient (Wildman–Crippen LogP) is 2.80. The van der Waals surface area contributed by atoms with Gasteiger partial charge in [0.05, 0.1) is 12.7 Å². The van der Waals surface area contributed by atoms with E-state index in [1.165, 1.54) is 50.4 Å². The zero-order valence-corrected chi connectivity index (χ0v) is 11.5. The first-order valence-electron chi connectivity index (χ1n) is 6.75. The molecule has 2 aliphatic carbocycles. The summed E-state index contributed by atoms with van der Waals surface area (Å²) < 4.78 is 5.93. The highest BCUT2D eigenvalue weighted by molar-refractivity contribution is 9.09. The topological polar surface area (TPSA) is 12.5 Å². The second-order valence-electron chi connectivity index (χ2n) is 5.87. The molecule has 0 radical (unpaired) electrons. The van der Waals surface area contributed by atoms with Gasteiger partial charge in [0.1, 0.15) is 0 Å². The summed E-state index contributed by atoms with van der Waals surface area (Å²) in [4.78, 5) is 2.74. The molecule has 92 valence electrons. The van der Waals surface area contributed by atoms with E-state index in [4.69, 9.17) is 4.74 Å². The molecule has 0 spiro atoms. The molecule has 0 bridgehead atoms. The molecule has 2 unspecified atom stereocenters. The lowest BCUT2D eigenvalue weighted by atomic mass is 9.89. The number of rotatable bonds is 3. The average Bonchev–Trinajstić information content (AvgIpc) is 3.10. The van der Waals surface area contributed by atoms with Crippen molar-refractivity contribution in [2.75, 3.05) is 25.0 Å². The summed E-state index contributed by atoms with van der Waals surface area (Å²) >= 11 is 3.69. The normalized spacial score (nSPS) is 38.1. The summed E-state index contributed by atoms with van der Waals surface area (Å²) in [7, 11) is 0. The number of morpholine rings is 1. The van der Waals surface area contributed by atoms with E-state index >= 15 is 0 Å². The van der Waals surface area contributed by atoms with Crippen molar-refractivity contribution in [3.8, 4) is 0 Å². The monoisotopic (exact) mass is 287 g/mol. The Hall–Kier alpha value is 0.400. The van der Waals surface area contributed by atoms with Gasteiger partial charge in [0, 0.05) is 24.5 Å². The third-order valence-electron chi connectivity index (χ3n) is 4.63. The van der Waals surface area contributed by atoms with Crippen LogP contribution >= 0.6 is 15.9 Å². The molecular weight excluding hydrogens is 266 g/mol. The first-order valence-corrected chi connectivity index (χ1v) is 7.87. The zero-order valence-electron chi connectivity index (χ0n) is 9.96. The van der Waals surface area contributed by atoms with Crippen LogP contribution in [0.2, 0.25) is 0 Å². The van der Waals surface area contributed by atoms with E-state index in [9.17, 15) is 0 Å². The number of nitrogens with zero attached hydrogens (tertiary/aromatic N) is 1. The van der Waals surface area contributed by atoms with Crippen LogP contribution in [0.3, 0.4) is 0 Å². The fourth-order valence-electron chi connectivity index (χ4n) is 3.31. The molecule has 2 nitrogen and oxygen atoms in total. The van der Waals surface area contributed by atoms with Crippen molar-refractivity contribution in [2.45, 2.75) is 50.7 Å². The molecule has 2 atom stereocenters. The Labute approximate surface area is 107 Å². The van der Waals surface area contributed by atoms with E-state index in [2.05, 4.69) is 20.8 Å². The second kappa shape index (κ2) is 4.58. The highest BCUT2D eigenvalue weighted by atomic mass is 79.9. The molecule has 1 heterocycles. The lowest BCUT2D eigenvalue weighted by Crippen LogP contribution is -2.54. The lowest BCUT2D eigenvalue weighted by molar-refractivity contribution is -0.0923. The molecule has 3 fully saturated rings. The average molecular weight is 288 g/mol. The Morgan fingerprint density at radius 1 is 1.25 bits per heavy atom. The third-order valence-corrected chi connectivity index (χ3v) is 5.82. The molecule has 0 aromatic rings. The molecule has 1 aliphatic heterocycles. The van der Waals surface area contributed by atoms with Gasteiger partial charge in [-0.2, -0.15) is 0 Å². The van der Waals surface area contributed by atoms with Crippen LogP contribution in [0.5, 0.6) is 0 Å². The van der Waals surface area contributed by atoms with Crippen molar-refractivity contribution in [1.82, 2.24) is 4.90 Å². The van der Waals surface area contributed by atoms with Gasteiger partial charge in [-0.1, -0.05) is 28.8 Å². The summed E-state index contributed by atoms with van der Waals surface area (Å²) in [6, 6.07) is 0.735. The molecule has 16 heavy (non-hydrogen) atoms. The summed E-state index contributed by atoms with van der Waals surface area (Å²) in [6.45, 7) is 3.43. The summed E-state index contributed by atoms with van der Waals surface area (Å²) in [5.41, 5.74) is 0.624. The highest BCUT2D eigenvalue weighted by Crippen LogP contribution is 2.48. The maximum Gasteiger partial charge on any atom is 0.0730 e. The Kier molecular flexibility index (Phi) is 3.29. The van der Waals surface area contributed by atoms with E-state index in [1.807, 2.05) is 0 Å². The summed E-state index contributed by atoms with van der Waals surface area (Å²) in [6.07, 6.45) is 8.83. The maximum atomic E-state index is 5.93. The van der Waals surface area contributed by atoms with Gasteiger partial charge in [0.15, 0.2) is 0 Å². The number of hydrogen-bond donors (Lipinski definition) is 0. The van der Waals surface area contributed by atoms with E-state index in [0.29, 0.717) is 11.5 Å². The van der Waals surface area contributed by atoms with Gasteiger partial charge in [-0.3, -0.25) is 4.90 Å². The Bertz CT molecular complexity index is 252. The molecular formula is C13H22BrNO. The van der Waals surface area contributed by atoms with Crippen molar-refractivity contribution < 1.29 is 4.74 Å². The van der Waals surface area contributed by atoms with E-state index in [-0.39, 0.29) is 0 Å². The molecule has 3 aliphatic rings. The van der Waals surface area contributed by atoms with Crippen LogP contribution in [-0.2, 0) is 4.74 Å². The first kappa shape index (κ1) is 11.5. The molecule has 3 rings (SSSR count). The van der Waals surface area contributed by atoms with Crippen LogP contribution in [0.4, 0.5) is 0 Å². The van der Waals surface area contributed by atoms with Gasteiger partial charge in [-0.15, -0.1) is 0 Å². The molecule has 0 aromatic carbocycles. The van der Waals surface area contributed by atoms with Gasteiger partial charge in [-0.05, 0) is 31.1 Å². The van der Waals surface area contributed by atoms with Gasteiger partial charge in [0.25, 0.3) is 0 Å². The zero-order chi connectivity index (χ0) is 11.0. The molecule has 2 saturated carbocycles. The van der Waals surface area contributed by atoms with Gasteiger partial charge >= 0.3 is 0 Å². The number of halogens is 1. The fraction of sp³-hybridized carbons (Fsp3) is 1.00. The largest absolute Gasteiger partial charge is 0.375 e. The summed E-state index contributed by atoms with van der Waals surface area (Å²) in [5, 5.41) is 1.19. The quantitative estimate of drug-likeness (QED) is 0.740. The minimum Gasteiger partial charge on any atom is -0.375 e. The van der Waals surface area contributed by atoms with E-state index in [1.54, 1.807) is 0 Å².